The molecular weight excluding hydrogens is 288 g/mol. The van der Waals surface area contributed by atoms with Crippen LogP contribution in [0.5, 0.6) is 0 Å². The van der Waals surface area contributed by atoms with E-state index in [0.717, 1.165) is 37.4 Å². The number of sulfone groups is 1. The summed E-state index contributed by atoms with van der Waals surface area (Å²) in [5.41, 5.74) is 0.953. The van der Waals surface area contributed by atoms with Gasteiger partial charge in [-0.1, -0.05) is 6.92 Å². The van der Waals surface area contributed by atoms with Gasteiger partial charge in [0, 0.05) is 43.2 Å². The topological polar surface area (TPSA) is 75.2 Å². The van der Waals surface area contributed by atoms with Crippen LogP contribution >= 0.6 is 0 Å². The van der Waals surface area contributed by atoms with Gasteiger partial charge in [-0.15, -0.1) is 0 Å². The van der Waals surface area contributed by atoms with E-state index in [4.69, 9.17) is 0 Å². The fourth-order valence-corrected chi connectivity index (χ4v) is 3.28. The standard InChI is InChI=1S/C14H24N4O2S/c1-3-21(19,20)9-8-18-6-4-13(5-7-18)17-14-10-12(2)15-11-16-14/h10-11,13H,3-9H2,1-2H3,(H,15,16,17). The molecule has 2 heterocycles. The van der Waals surface area contributed by atoms with Crippen LogP contribution < -0.4 is 5.32 Å². The third kappa shape index (κ3) is 5.24. The van der Waals surface area contributed by atoms with Crippen molar-refractivity contribution in [3.8, 4) is 0 Å². The van der Waals surface area contributed by atoms with E-state index in [1.807, 2.05) is 13.0 Å². The highest BCUT2D eigenvalue weighted by molar-refractivity contribution is 7.91. The Morgan fingerprint density at radius 3 is 2.67 bits per heavy atom. The molecule has 1 fully saturated rings. The largest absolute Gasteiger partial charge is 0.367 e. The van der Waals surface area contributed by atoms with E-state index in [1.54, 1.807) is 13.3 Å². The molecule has 2 rings (SSSR count). The molecule has 0 bridgehead atoms. The summed E-state index contributed by atoms with van der Waals surface area (Å²) in [7, 11) is -2.86. The Hall–Kier alpha value is -1.21. The monoisotopic (exact) mass is 312 g/mol. The lowest BCUT2D eigenvalue weighted by Gasteiger charge is -2.32. The molecule has 1 saturated heterocycles. The zero-order valence-electron chi connectivity index (χ0n) is 12.7. The molecule has 118 valence electrons. The number of nitrogens with zero attached hydrogens (tertiary/aromatic N) is 3. The summed E-state index contributed by atoms with van der Waals surface area (Å²) in [5, 5.41) is 3.43. The molecular formula is C14H24N4O2S. The van der Waals surface area contributed by atoms with Crippen LogP contribution in [0, 0.1) is 6.92 Å². The highest BCUT2D eigenvalue weighted by atomic mass is 32.2. The molecule has 0 saturated carbocycles. The summed E-state index contributed by atoms with van der Waals surface area (Å²) in [6.45, 7) is 6.16. The van der Waals surface area contributed by atoms with Gasteiger partial charge >= 0.3 is 0 Å². The van der Waals surface area contributed by atoms with Crippen LogP contribution in [-0.2, 0) is 9.84 Å². The van der Waals surface area contributed by atoms with E-state index in [9.17, 15) is 8.42 Å². The summed E-state index contributed by atoms with van der Waals surface area (Å²) in [6.07, 6.45) is 3.59. The summed E-state index contributed by atoms with van der Waals surface area (Å²) in [4.78, 5) is 10.5. The fourth-order valence-electron chi connectivity index (χ4n) is 2.46. The number of aryl methyl sites for hydroxylation is 1. The van der Waals surface area contributed by atoms with Gasteiger partial charge in [0.2, 0.25) is 0 Å². The van der Waals surface area contributed by atoms with Crippen LogP contribution in [0.2, 0.25) is 0 Å². The predicted octanol–water partition coefficient (Wildman–Crippen LogP) is 1.10. The molecule has 0 spiro atoms. The van der Waals surface area contributed by atoms with Gasteiger partial charge in [0.1, 0.15) is 12.1 Å². The Morgan fingerprint density at radius 2 is 2.05 bits per heavy atom. The molecule has 6 nitrogen and oxygen atoms in total. The van der Waals surface area contributed by atoms with Crippen molar-refractivity contribution in [1.29, 1.82) is 0 Å². The third-order valence-electron chi connectivity index (χ3n) is 3.90. The molecule has 0 unspecified atom stereocenters. The van der Waals surface area contributed by atoms with Crippen LogP contribution in [-0.4, -0.2) is 60.5 Å². The second-order valence-corrected chi connectivity index (χ2v) is 8.01. The number of rotatable bonds is 6. The van der Waals surface area contributed by atoms with Gasteiger partial charge in [0.15, 0.2) is 9.84 Å². The minimum atomic E-state index is -2.86. The van der Waals surface area contributed by atoms with Crippen LogP contribution in [0.3, 0.4) is 0 Å². The van der Waals surface area contributed by atoms with Gasteiger partial charge in [-0.25, -0.2) is 18.4 Å². The molecule has 0 aromatic carbocycles. The highest BCUT2D eigenvalue weighted by Gasteiger charge is 2.20. The summed E-state index contributed by atoms with van der Waals surface area (Å²) in [6, 6.07) is 2.35. The quantitative estimate of drug-likeness (QED) is 0.848. The highest BCUT2D eigenvalue weighted by Crippen LogP contribution is 2.15. The predicted molar refractivity (Wildman–Crippen MR) is 84.2 cm³/mol. The Balaban J connectivity index is 1.76. The number of hydrogen-bond acceptors (Lipinski definition) is 6. The number of anilines is 1. The molecule has 7 heteroatoms. The molecule has 1 aromatic heterocycles. The van der Waals surface area contributed by atoms with Gasteiger partial charge in [-0.05, 0) is 19.8 Å². The van der Waals surface area contributed by atoms with Crippen molar-refractivity contribution in [1.82, 2.24) is 14.9 Å². The molecule has 21 heavy (non-hydrogen) atoms. The molecule has 1 N–H and O–H groups in total. The normalized spacial score (nSPS) is 17.8. The molecule has 1 aliphatic heterocycles. The second kappa shape index (κ2) is 7.17. The summed E-state index contributed by atoms with van der Waals surface area (Å²) >= 11 is 0. The van der Waals surface area contributed by atoms with Crippen LogP contribution in [0.1, 0.15) is 25.5 Å². The van der Waals surface area contributed by atoms with E-state index in [0.29, 0.717) is 12.6 Å². The van der Waals surface area contributed by atoms with Crippen molar-refractivity contribution >= 4 is 15.7 Å². The number of piperidine rings is 1. The zero-order chi connectivity index (χ0) is 15.3. The molecule has 1 aromatic rings. The maximum atomic E-state index is 11.5. The Labute approximate surface area is 126 Å². The van der Waals surface area contributed by atoms with Crippen LogP contribution in [0.15, 0.2) is 12.4 Å². The van der Waals surface area contributed by atoms with Gasteiger partial charge in [-0.3, -0.25) is 0 Å². The average Bonchev–Trinajstić information content (AvgIpc) is 2.47. The van der Waals surface area contributed by atoms with Crippen molar-refractivity contribution < 1.29 is 8.42 Å². The third-order valence-corrected chi connectivity index (χ3v) is 5.59. The summed E-state index contributed by atoms with van der Waals surface area (Å²) < 4.78 is 23.1. The Morgan fingerprint density at radius 1 is 1.33 bits per heavy atom. The lowest BCUT2D eigenvalue weighted by molar-refractivity contribution is 0.230. The maximum Gasteiger partial charge on any atom is 0.151 e. The van der Waals surface area contributed by atoms with Crippen LogP contribution in [0.4, 0.5) is 5.82 Å². The lowest BCUT2D eigenvalue weighted by atomic mass is 10.1. The van der Waals surface area contributed by atoms with Crippen LogP contribution in [0.25, 0.3) is 0 Å². The maximum absolute atomic E-state index is 11.5. The van der Waals surface area contributed by atoms with E-state index >= 15 is 0 Å². The Bertz CT molecular complexity index is 554. The minimum absolute atomic E-state index is 0.234. The first-order valence-electron chi connectivity index (χ1n) is 7.46. The van der Waals surface area contributed by atoms with Crippen molar-refractivity contribution in [2.45, 2.75) is 32.7 Å². The minimum Gasteiger partial charge on any atom is -0.367 e. The van der Waals surface area contributed by atoms with Crippen molar-refractivity contribution in [2.75, 3.05) is 36.5 Å². The Kier molecular flexibility index (Phi) is 5.52. The number of nitrogens with one attached hydrogen (secondary N) is 1. The number of likely N-dealkylation sites (tertiary alicyclic amines) is 1. The van der Waals surface area contributed by atoms with E-state index < -0.39 is 9.84 Å². The van der Waals surface area contributed by atoms with E-state index in [1.165, 1.54) is 0 Å². The molecule has 1 aliphatic rings. The van der Waals surface area contributed by atoms with Gasteiger partial charge in [0.05, 0.1) is 5.75 Å². The first-order chi connectivity index (χ1) is 9.98. The second-order valence-electron chi connectivity index (χ2n) is 5.54. The summed E-state index contributed by atoms with van der Waals surface area (Å²) in [5.74, 6) is 1.37. The molecule has 0 aliphatic carbocycles. The van der Waals surface area contributed by atoms with Gasteiger partial charge in [-0.2, -0.15) is 0 Å². The van der Waals surface area contributed by atoms with E-state index in [2.05, 4.69) is 20.2 Å². The first-order valence-corrected chi connectivity index (χ1v) is 9.28. The first kappa shape index (κ1) is 16.2. The van der Waals surface area contributed by atoms with E-state index in [-0.39, 0.29) is 11.5 Å². The van der Waals surface area contributed by atoms with Crippen molar-refractivity contribution in [2.24, 2.45) is 0 Å². The zero-order valence-corrected chi connectivity index (χ0v) is 13.6. The number of aromatic nitrogens is 2. The van der Waals surface area contributed by atoms with Crippen molar-refractivity contribution in [3.63, 3.8) is 0 Å². The molecule has 0 amide bonds. The van der Waals surface area contributed by atoms with Gasteiger partial charge in [0.25, 0.3) is 0 Å². The fraction of sp³-hybridized carbons (Fsp3) is 0.714. The molecule has 0 radical (unpaired) electrons. The SMILES string of the molecule is CCS(=O)(=O)CCN1CCC(Nc2cc(C)ncn2)CC1. The van der Waals surface area contributed by atoms with Gasteiger partial charge < -0.3 is 10.2 Å². The van der Waals surface area contributed by atoms with Crippen molar-refractivity contribution in [3.05, 3.63) is 18.1 Å². The smallest absolute Gasteiger partial charge is 0.151 e. The number of hydrogen-bond donors (Lipinski definition) is 1. The lowest BCUT2D eigenvalue weighted by Crippen LogP contribution is -2.41. The molecule has 0 atom stereocenters. The average molecular weight is 312 g/mol.